The third-order valence-corrected chi connectivity index (χ3v) is 3.51. The van der Waals surface area contributed by atoms with Crippen LogP contribution in [-0.2, 0) is 0 Å². The Kier molecular flexibility index (Phi) is 4.34. The fourth-order valence-electron chi connectivity index (χ4n) is 2.57. The molecule has 2 unspecified atom stereocenters. The van der Waals surface area contributed by atoms with Gasteiger partial charge in [-0.3, -0.25) is 0 Å². The maximum absolute atomic E-state index is 6.07. The first-order valence-electron chi connectivity index (χ1n) is 6.88. The van der Waals surface area contributed by atoms with Gasteiger partial charge in [-0.2, -0.15) is 0 Å². The summed E-state index contributed by atoms with van der Waals surface area (Å²) in [6.07, 6.45) is 5.11. The molecule has 1 aliphatic rings. The standard InChI is InChI=1S/C15H23NO2/c1-3-17-13-8-5-9-14(15(13)16)18-12-7-4-6-11(2)10-12/h5,8-9,11-12H,3-4,6-7,10,16H2,1-2H3. The summed E-state index contributed by atoms with van der Waals surface area (Å²) in [5.74, 6) is 2.24. The molecule has 2 N–H and O–H groups in total. The van der Waals surface area contributed by atoms with Crippen molar-refractivity contribution in [2.24, 2.45) is 5.92 Å². The Balaban J connectivity index is 2.06. The lowest BCUT2D eigenvalue weighted by molar-refractivity contribution is 0.129. The number of para-hydroxylation sites is 1. The molecule has 1 aromatic carbocycles. The minimum Gasteiger partial charge on any atom is -0.492 e. The zero-order valence-electron chi connectivity index (χ0n) is 11.3. The van der Waals surface area contributed by atoms with E-state index in [0.717, 1.165) is 30.3 Å². The number of anilines is 1. The third-order valence-electron chi connectivity index (χ3n) is 3.51. The SMILES string of the molecule is CCOc1cccc(OC2CCCC(C)C2)c1N. The first-order valence-corrected chi connectivity index (χ1v) is 6.88. The molecule has 1 aromatic rings. The highest BCUT2D eigenvalue weighted by Gasteiger charge is 2.21. The van der Waals surface area contributed by atoms with Crippen LogP contribution in [0.1, 0.15) is 39.5 Å². The lowest BCUT2D eigenvalue weighted by atomic mass is 9.89. The van der Waals surface area contributed by atoms with Crippen LogP contribution in [0.2, 0.25) is 0 Å². The molecular weight excluding hydrogens is 226 g/mol. The average Bonchev–Trinajstić information content (AvgIpc) is 2.35. The Hall–Kier alpha value is -1.38. The Morgan fingerprint density at radius 2 is 2.06 bits per heavy atom. The highest BCUT2D eigenvalue weighted by atomic mass is 16.5. The highest BCUT2D eigenvalue weighted by molar-refractivity contribution is 5.62. The van der Waals surface area contributed by atoms with E-state index in [1.54, 1.807) is 0 Å². The quantitative estimate of drug-likeness (QED) is 0.829. The Morgan fingerprint density at radius 1 is 1.28 bits per heavy atom. The van der Waals surface area contributed by atoms with Crippen LogP contribution in [0.5, 0.6) is 11.5 Å². The summed E-state index contributed by atoms with van der Waals surface area (Å²) in [6, 6.07) is 5.75. The molecule has 1 aliphatic carbocycles. The van der Waals surface area contributed by atoms with E-state index < -0.39 is 0 Å². The van der Waals surface area contributed by atoms with Crippen molar-refractivity contribution in [1.82, 2.24) is 0 Å². The molecule has 0 heterocycles. The second kappa shape index (κ2) is 5.98. The fraction of sp³-hybridized carbons (Fsp3) is 0.600. The van der Waals surface area contributed by atoms with Crippen LogP contribution in [0.3, 0.4) is 0 Å². The number of hydrogen-bond donors (Lipinski definition) is 1. The summed E-state index contributed by atoms with van der Waals surface area (Å²) in [6.45, 7) is 4.86. The first-order chi connectivity index (χ1) is 8.70. The van der Waals surface area contributed by atoms with Gasteiger partial charge in [0.15, 0.2) is 0 Å². The largest absolute Gasteiger partial charge is 0.492 e. The lowest BCUT2D eigenvalue weighted by Crippen LogP contribution is -2.24. The van der Waals surface area contributed by atoms with Gasteiger partial charge in [-0.15, -0.1) is 0 Å². The van der Waals surface area contributed by atoms with Crippen LogP contribution in [0.15, 0.2) is 18.2 Å². The molecule has 1 fully saturated rings. The van der Waals surface area contributed by atoms with Crippen molar-refractivity contribution in [3.05, 3.63) is 18.2 Å². The minimum atomic E-state index is 0.299. The van der Waals surface area contributed by atoms with Crippen molar-refractivity contribution < 1.29 is 9.47 Å². The van der Waals surface area contributed by atoms with Crippen molar-refractivity contribution in [3.8, 4) is 11.5 Å². The molecule has 0 bridgehead atoms. The van der Waals surface area contributed by atoms with Gasteiger partial charge < -0.3 is 15.2 Å². The predicted octanol–water partition coefficient (Wildman–Crippen LogP) is 3.63. The van der Waals surface area contributed by atoms with Gasteiger partial charge in [-0.25, -0.2) is 0 Å². The summed E-state index contributed by atoms with van der Waals surface area (Å²) < 4.78 is 11.5. The van der Waals surface area contributed by atoms with Gasteiger partial charge in [0.05, 0.1) is 12.7 Å². The normalized spacial score (nSPS) is 23.7. The topological polar surface area (TPSA) is 44.5 Å². The van der Waals surface area contributed by atoms with E-state index in [2.05, 4.69) is 6.92 Å². The number of nitrogen functional groups attached to an aromatic ring is 1. The van der Waals surface area contributed by atoms with Crippen molar-refractivity contribution >= 4 is 5.69 Å². The average molecular weight is 249 g/mol. The fourth-order valence-corrected chi connectivity index (χ4v) is 2.57. The molecule has 2 atom stereocenters. The molecule has 0 aliphatic heterocycles. The smallest absolute Gasteiger partial charge is 0.146 e. The zero-order chi connectivity index (χ0) is 13.0. The van der Waals surface area contributed by atoms with E-state index in [0.29, 0.717) is 18.4 Å². The van der Waals surface area contributed by atoms with E-state index in [9.17, 15) is 0 Å². The second-order valence-corrected chi connectivity index (χ2v) is 5.11. The summed E-state index contributed by atoms with van der Waals surface area (Å²) in [5.41, 5.74) is 6.69. The zero-order valence-corrected chi connectivity index (χ0v) is 11.3. The van der Waals surface area contributed by atoms with Gasteiger partial charge >= 0.3 is 0 Å². The molecule has 0 aromatic heterocycles. The van der Waals surface area contributed by atoms with E-state index in [1.165, 1.54) is 12.8 Å². The summed E-state index contributed by atoms with van der Waals surface area (Å²) >= 11 is 0. The number of benzene rings is 1. The molecule has 0 saturated heterocycles. The summed E-state index contributed by atoms with van der Waals surface area (Å²) in [5, 5.41) is 0. The van der Waals surface area contributed by atoms with Crippen molar-refractivity contribution in [3.63, 3.8) is 0 Å². The third kappa shape index (κ3) is 3.09. The molecule has 2 rings (SSSR count). The minimum absolute atomic E-state index is 0.299. The van der Waals surface area contributed by atoms with E-state index >= 15 is 0 Å². The number of hydrogen-bond acceptors (Lipinski definition) is 3. The van der Waals surface area contributed by atoms with Crippen molar-refractivity contribution in [2.75, 3.05) is 12.3 Å². The molecule has 3 nitrogen and oxygen atoms in total. The van der Waals surface area contributed by atoms with Gasteiger partial charge in [0.2, 0.25) is 0 Å². The summed E-state index contributed by atoms with van der Waals surface area (Å²) in [4.78, 5) is 0. The van der Waals surface area contributed by atoms with E-state index in [-0.39, 0.29) is 0 Å². The van der Waals surface area contributed by atoms with Crippen LogP contribution in [0, 0.1) is 5.92 Å². The number of rotatable bonds is 4. The number of ether oxygens (including phenoxy) is 2. The molecule has 1 saturated carbocycles. The number of nitrogens with two attached hydrogens (primary N) is 1. The first kappa shape index (κ1) is 13.1. The molecule has 100 valence electrons. The van der Waals surface area contributed by atoms with Gasteiger partial charge in [-0.05, 0) is 44.2 Å². The van der Waals surface area contributed by atoms with Crippen LogP contribution >= 0.6 is 0 Å². The Bertz CT molecular complexity index is 392. The molecule has 0 amide bonds. The molecule has 0 radical (unpaired) electrons. The lowest BCUT2D eigenvalue weighted by Gasteiger charge is -2.28. The van der Waals surface area contributed by atoms with E-state index in [4.69, 9.17) is 15.2 Å². The van der Waals surface area contributed by atoms with Crippen LogP contribution < -0.4 is 15.2 Å². The second-order valence-electron chi connectivity index (χ2n) is 5.11. The monoisotopic (exact) mass is 249 g/mol. The molecule has 3 heteroatoms. The van der Waals surface area contributed by atoms with Crippen LogP contribution in [0.25, 0.3) is 0 Å². The van der Waals surface area contributed by atoms with Gasteiger partial charge in [0, 0.05) is 0 Å². The van der Waals surface area contributed by atoms with Crippen molar-refractivity contribution in [2.45, 2.75) is 45.6 Å². The maximum atomic E-state index is 6.07. The van der Waals surface area contributed by atoms with Gasteiger partial charge in [0.25, 0.3) is 0 Å². The van der Waals surface area contributed by atoms with Crippen LogP contribution in [0.4, 0.5) is 5.69 Å². The van der Waals surface area contributed by atoms with Crippen LogP contribution in [-0.4, -0.2) is 12.7 Å². The Labute approximate surface area is 109 Å². The maximum Gasteiger partial charge on any atom is 0.146 e. The Morgan fingerprint density at radius 3 is 2.78 bits per heavy atom. The van der Waals surface area contributed by atoms with Crippen molar-refractivity contribution in [1.29, 1.82) is 0 Å². The van der Waals surface area contributed by atoms with Gasteiger partial charge in [-0.1, -0.05) is 19.4 Å². The summed E-state index contributed by atoms with van der Waals surface area (Å²) in [7, 11) is 0. The van der Waals surface area contributed by atoms with Gasteiger partial charge in [0.1, 0.15) is 17.2 Å². The predicted molar refractivity (Wildman–Crippen MR) is 74.1 cm³/mol. The van der Waals surface area contributed by atoms with E-state index in [1.807, 2.05) is 25.1 Å². The molecule has 18 heavy (non-hydrogen) atoms. The highest BCUT2D eigenvalue weighted by Crippen LogP contribution is 2.34. The molecular formula is C15H23NO2. The molecule has 0 spiro atoms.